The van der Waals surface area contributed by atoms with Gasteiger partial charge in [0.05, 0.1) is 6.04 Å². The molecule has 1 aliphatic heterocycles. The number of benzene rings is 1. The van der Waals surface area contributed by atoms with Gasteiger partial charge in [-0.1, -0.05) is 44.2 Å². The van der Waals surface area contributed by atoms with E-state index >= 15 is 0 Å². The van der Waals surface area contributed by atoms with E-state index in [2.05, 4.69) is 50.1 Å². The van der Waals surface area contributed by atoms with Crippen LogP contribution in [-0.4, -0.2) is 11.3 Å². The Bertz CT molecular complexity index is 296. The summed E-state index contributed by atoms with van der Waals surface area (Å²) in [6.45, 7) is 6.54. The van der Waals surface area contributed by atoms with Gasteiger partial charge in [-0.3, -0.25) is 4.84 Å². The van der Waals surface area contributed by atoms with Gasteiger partial charge in [-0.25, -0.2) is 0 Å². The van der Waals surface area contributed by atoms with Gasteiger partial charge in [0.1, 0.15) is 0 Å². The Morgan fingerprint density at radius 1 is 1.14 bits per heavy atom. The zero-order chi connectivity index (χ0) is 10.1. The summed E-state index contributed by atoms with van der Waals surface area (Å²) >= 11 is 0. The summed E-state index contributed by atoms with van der Waals surface area (Å²) in [4.78, 5) is 5.53. The molecule has 2 nitrogen and oxygen atoms in total. The van der Waals surface area contributed by atoms with Crippen molar-refractivity contribution in [2.75, 3.05) is 0 Å². The monoisotopic (exact) mass is 191 g/mol. The van der Waals surface area contributed by atoms with Crippen LogP contribution in [0.1, 0.15) is 32.4 Å². The third-order valence-corrected chi connectivity index (χ3v) is 2.67. The van der Waals surface area contributed by atoms with Gasteiger partial charge >= 0.3 is 0 Å². The Morgan fingerprint density at radius 3 is 2.29 bits per heavy atom. The van der Waals surface area contributed by atoms with E-state index in [4.69, 9.17) is 4.84 Å². The summed E-state index contributed by atoms with van der Waals surface area (Å²) in [5, 5.41) is 2.07. The summed E-state index contributed by atoms with van der Waals surface area (Å²) in [5.41, 5.74) is 1.32. The lowest BCUT2D eigenvalue weighted by atomic mass is 10.1. The largest absolute Gasteiger partial charge is 0.274 e. The SMILES string of the molecule is CC(C)C1ON1C(C)c1ccccc1. The van der Waals surface area contributed by atoms with Gasteiger partial charge in [0.25, 0.3) is 0 Å². The highest BCUT2D eigenvalue weighted by Gasteiger charge is 2.42. The number of rotatable bonds is 3. The fraction of sp³-hybridized carbons (Fsp3) is 0.500. The minimum absolute atomic E-state index is 0.310. The molecular formula is C12H17NO. The van der Waals surface area contributed by atoms with Gasteiger partial charge in [-0.2, -0.15) is 0 Å². The standard InChI is InChI=1S/C12H17NO/c1-9(2)12-13(14-12)10(3)11-7-5-4-6-8-11/h4-10,12H,1-3H3. The van der Waals surface area contributed by atoms with Crippen molar-refractivity contribution in [2.24, 2.45) is 5.92 Å². The zero-order valence-corrected chi connectivity index (χ0v) is 8.97. The molecule has 3 unspecified atom stereocenters. The van der Waals surface area contributed by atoms with E-state index < -0.39 is 0 Å². The van der Waals surface area contributed by atoms with E-state index in [1.54, 1.807) is 0 Å². The second-order valence-electron chi connectivity index (χ2n) is 4.19. The minimum atomic E-state index is 0.310. The zero-order valence-electron chi connectivity index (χ0n) is 8.97. The van der Waals surface area contributed by atoms with Crippen LogP contribution in [0, 0.1) is 5.92 Å². The lowest BCUT2D eigenvalue weighted by Gasteiger charge is -2.10. The van der Waals surface area contributed by atoms with Crippen molar-refractivity contribution in [2.45, 2.75) is 33.0 Å². The molecule has 2 heteroatoms. The fourth-order valence-electron chi connectivity index (χ4n) is 1.70. The number of hydrogen-bond acceptors (Lipinski definition) is 2. The van der Waals surface area contributed by atoms with Crippen molar-refractivity contribution in [3.63, 3.8) is 0 Å². The Hall–Kier alpha value is -0.860. The maximum atomic E-state index is 5.53. The molecule has 1 heterocycles. The second-order valence-corrected chi connectivity index (χ2v) is 4.19. The van der Waals surface area contributed by atoms with Gasteiger partial charge in [0.2, 0.25) is 0 Å². The predicted molar refractivity (Wildman–Crippen MR) is 56.4 cm³/mol. The van der Waals surface area contributed by atoms with Crippen molar-refractivity contribution in [3.8, 4) is 0 Å². The molecule has 14 heavy (non-hydrogen) atoms. The molecule has 1 aliphatic rings. The first-order valence-corrected chi connectivity index (χ1v) is 5.20. The van der Waals surface area contributed by atoms with Crippen LogP contribution in [-0.2, 0) is 4.84 Å². The molecule has 1 aromatic carbocycles. The summed E-state index contributed by atoms with van der Waals surface area (Å²) in [7, 11) is 0. The number of nitrogens with zero attached hydrogens (tertiary/aromatic N) is 1. The van der Waals surface area contributed by atoms with E-state index in [1.807, 2.05) is 6.07 Å². The van der Waals surface area contributed by atoms with Crippen LogP contribution in [0.3, 0.4) is 0 Å². The molecule has 0 radical (unpaired) electrons. The van der Waals surface area contributed by atoms with Crippen molar-refractivity contribution in [1.82, 2.24) is 5.06 Å². The molecule has 0 aromatic heterocycles. The molecule has 0 amide bonds. The minimum Gasteiger partial charge on any atom is -0.274 e. The molecule has 1 saturated heterocycles. The first-order chi connectivity index (χ1) is 6.70. The Kier molecular flexibility index (Phi) is 2.57. The van der Waals surface area contributed by atoms with E-state index in [0.29, 0.717) is 18.2 Å². The average molecular weight is 191 g/mol. The van der Waals surface area contributed by atoms with Crippen LogP contribution < -0.4 is 0 Å². The third-order valence-electron chi connectivity index (χ3n) is 2.67. The van der Waals surface area contributed by atoms with E-state index in [1.165, 1.54) is 5.56 Å². The lowest BCUT2D eigenvalue weighted by Crippen LogP contribution is -2.11. The van der Waals surface area contributed by atoms with E-state index in [0.717, 1.165) is 0 Å². The molecule has 3 atom stereocenters. The topological polar surface area (TPSA) is 15.5 Å². The number of hydrogen-bond donors (Lipinski definition) is 0. The van der Waals surface area contributed by atoms with Gasteiger partial charge < -0.3 is 0 Å². The molecule has 0 saturated carbocycles. The highest BCUT2D eigenvalue weighted by Crippen LogP contribution is 2.36. The predicted octanol–water partition coefficient (Wildman–Crippen LogP) is 2.98. The quantitative estimate of drug-likeness (QED) is 0.682. The van der Waals surface area contributed by atoms with Crippen molar-refractivity contribution in [1.29, 1.82) is 0 Å². The van der Waals surface area contributed by atoms with E-state index in [9.17, 15) is 0 Å². The molecule has 1 aromatic rings. The molecule has 76 valence electrons. The Labute approximate surface area is 85.4 Å². The second kappa shape index (κ2) is 3.71. The highest BCUT2D eigenvalue weighted by atomic mass is 16.8. The van der Waals surface area contributed by atoms with Gasteiger partial charge in [0.15, 0.2) is 6.23 Å². The molecule has 0 N–H and O–H groups in total. The van der Waals surface area contributed by atoms with Crippen LogP contribution in [0.25, 0.3) is 0 Å². The molecule has 2 rings (SSSR count). The van der Waals surface area contributed by atoms with Gasteiger partial charge in [-0.15, -0.1) is 5.06 Å². The van der Waals surface area contributed by atoms with Crippen molar-refractivity contribution >= 4 is 0 Å². The number of hydroxylamine groups is 2. The van der Waals surface area contributed by atoms with Crippen LogP contribution in [0.5, 0.6) is 0 Å². The molecule has 0 aliphatic carbocycles. The van der Waals surface area contributed by atoms with Crippen LogP contribution in [0.4, 0.5) is 0 Å². The summed E-state index contributed by atoms with van der Waals surface area (Å²) in [6.07, 6.45) is 0.310. The molecule has 0 spiro atoms. The van der Waals surface area contributed by atoms with E-state index in [-0.39, 0.29) is 0 Å². The van der Waals surface area contributed by atoms with Crippen LogP contribution >= 0.6 is 0 Å². The van der Waals surface area contributed by atoms with Crippen molar-refractivity contribution in [3.05, 3.63) is 35.9 Å². The lowest BCUT2D eigenvalue weighted by molar-refractivity contribution is 0.155. The van der Waals surface area contributed by atoms with Gasteiger partial charge in [-0.05, 0) is 18.4 Å². The molecule has 1 fully saturated rings. The Balaban J connectivity index is 2.01. The van der Waals surface area contributed by atoms with Crippen LogP contribution in [0.2, 0.25) is 0 Å². The summed E-state index contributed by atoms with van der Waals surface area (Å²) in [6, 6.07) is 10.8. The first kappa shape index (κ1) is 9.69. The Morgan fingerprint density at radius 2 is 1.79 bits per heavy atom. The smallest absolute Gasteiger partial charge is 0.157 e. The maximum absolute atomic E-state index is 5.53. The first-order valence-electron chi connectivity index (χ1n) is 5.20. The summed E-state index contributed by atoms with van der Waals surface area (Å²) in [5.74, 6) is 0.571. The fourth-order valence-corrected chi connectivity index (χ4v) is 1.70. The van der Waals surface area contributed by atoms with Crippen molar-refractivity contribution < 1.29 is 4.84 Å². The highest BCUT2D eigenvalue weighted by molar-refractivity contribution is 5.18. The maximum Gasteiger partial charge on any atom is 0.157 e. The third kappa shape index (κ3) is 1.81. The van der Waals surface area contributed by atoms with Crippen LogP contribution in [0.15, 0.2) is 30.3 Å². The molecular weight excluding hydrogens is 174 g/mol. The molecule has 0 bridgehead atoms. The normalized spacial score (nSPS) is 27.7. The van der Waals surface area contributed by atoms with Gasteiger partial charge in [0, 0.05) is 0 Å². The summed E-state index contributed by atoms with van der Waals surface area (Å²) < 4.78 is 0. The average Bonchev–Trinajstić information content (AvgIpc) is 2.97.